The summed E-state index contributed by atoms with van der Waals surface area (Å²) >= 11 is 1.49. The predicted octanol–water partition coefficient (Wildman–Crippen LogP) is 1.87. The number of hydrogen-bond donors (Lipinski definition) is 0. The number of ketones is 1. The van der Waals surface area contributed by atoms with Crippen LogP contribution in [0.3, 0.4) is 0 Å². The van der Waals surface area contributed by atoms with E-state index in [0.717, 1.165) is 10.7 Å². The maximum absolute atomic E-state index is 11.9. The summed E-state index contributed by atoms with van der Waals surface area (Å²) in [7, 11) is 0. The van der Waals surface area contributed by atoms with Gasteiger partial charge in [0, 0.05) is 30.8 Å². The third-order valence-corrected chi connectivity index (χ3v) is 3.96. The Morgan fingerprint density at radius 2 is 2.18 bits per heavy atom. The maximum Gasteiger partial charge on any atom is 0.232 e. The van der Waals surface area contributed by atoms with Crippen molar-refractivity contribution < 1.29 is 14.0 Å². The van der Waals surface area contributed by atoms with E-state index in [-0.39, 0.29) is 11.7 Å². The van der Waals surface area contributed by atoms with Crippen LogP contribution in [0.5, 0.6) is 0 Å². The lowest BCUT2D eigenvalue weighted by Gasteiger charge is -2.25. The van der Waals surface area contributed by atoms with E-state index in [9.17, 15) is 9.59 Å². The molecule has 92 valence electrons. The molecule has 2 rings (SSSR count). The number of Topliss-reactive ketones (excluding diaryl/α,β-unsaturated/α-hetero) is 1. The summed E-state index contributed by atoms with van der Waals surface area (Å²) in [4.78, 5) is 25.7. The number of amides is 1. The number of hydrogen-bond acceptors (Lipinski definition) is 4. The predicted molar refractivity (Wildman–Crippen MR) is 65.0 cm³/mol. The number of aryl methyl sites for hydroxylation is 1. The second-order valence-corrected chi connectivity index (χ2v) is 5.07. The molecule has 1 aliphatic heterocycles. The number of thioether (sulfide) groups is 1. The zero-order chi connectivity index (χ0) is 12.3. The van der Waals surface area contributed by atoms with Crippen molar-refractivity contribution in [2.75, 3.05) is 18.8 Å². The summed E-state index contributed by atoms with van der Waals surface area (Å²) in [6.07, 6.45) is 2.63. The van der Waals surface area contributed by atoms with Crippen molar-refractivity contribution >= 4 is 23.5 Å². The molecule has 1 aromatic heterocycles. The fraction of sp³-hybridized carbons (Fsp3) is 0.500. The standard InChI is InChI=1S/C12H15NO3S/c1-9-11(4-7-16-9)17-8-12(15)13-5-2-10(14)3-6-13/h4,7H,2-3,5-6,8H2,1H3. The second-order valence-electron chi connectivity index (χ2n) is 4.05. The van der Waals surface area contributed by atoms with Crippen molar-refractivity contribution in [3.8, 4) is 0 Å². The van der Waals surface area contributed by atoms with Crippen LogP contribution in [0.2, 0.25) is 0 Å². The molecule has 0 atom stereocenters. The molecule has 0 unspecified atom stereocenters. The van der Waals surface area contributed by atoms with Crippen LogP contribution in [-0.2, 0) is 9.59 Å². The maximum atomic E-state index is 11.9. The van der Waals surface area contributed by atoms with Gasteiger partial charge in [-0.25, -0.2) is 0 Å². The van der Waals surface area contributed by atoms with Crippen LogP contribution >= 0.6 is 11.8 Å². The number of carbonyl (C=O) groups is 2. The third kappa shape index (κ3) is 3.12. The summed E-state index contributed by atoms with van der Waals surface area (Å²) in [5.41, 5.74) is 0. The number of furan rings is 1. The zero-order valence-corrected chi connectivity index (χ0v) is 10.6. The average Bonchev–Trinajstić information content (AvgIpc) is 2.73. The highest BCUT2D eigenvalue weighted by Crippen LogP contribution is 2.23. The van der Waals surface area contributed by atoms with E-state index in [1.54, 1.807) is 11.2 Å². The van der Waals surface area contributed by atoms with E-state index in [4.69, 9.17) is 4.42 Å². The first-order valence-electron chi connectivity index (χ1n) is 5.63. The van der Waals surface area contributed by atoms with Crippen LogP contribution in [0.15, 0.2) is 21.6 Å². The van der Waals surface area contributed by atoms with Crippen LogP contribution < -0.4 is 0 Å². The molecule has 1 aromatic rings. The highest BCUT2D eigenvalue weighted by Gasteiger charge is 2.20. The highest BCUT2D eigenvalue weighted by atomic mass is 32.2. The van der Waals surface area contributed by atoms with Crippen LogP contribution in [0.25, 0.3) is 0 Å². The summed E-state index contributed by atoms with van der Waals surface area (Å²) in [5, 5.41) is 0. The normalized spacial score (nSPS) is 16.3. The second kappa shape index (κ2) is 5.40. The molecular weight excluding hydrogens is 238 g/mol. The van der Waals surface area contributed by atoms with Gasteiger partial charge in [-0.05, 0) is 13.0 Å². The minimum atomic E-state index is 0.100. The largest absolute Gasteiger partial charge is 0.468 e. The van der Waals surface area contributed by atoms with Crippen molar-refractivity contribution in [1.82, 2.24) is 4.90 Å². The Hall–Kier alpha value is -1.23. The molecular formula is C12H15NO3S. The molecule has 1 aliphatic rings. The first-order chi connectivity index (χ1) is 8.16. The van der Waals surface area contributed by atoms with Crippen LogP contribution in [0, 0.1) is 6.92 Å². The van der Waals surface area contributed by atoms with Crippen LogP contribution in [0.1, 0.15) is 18.6 Å². The Bertz CT molecular complexity index is 417. The SMILES string of the molecule is Cc1occc1SCC(=O)N1CCC(=O)CC1. The molecule has 1 amide bonds. The summed E-state index contributed by atoms with van der Waals surface area (Å²) in [6, 6.07) is 1.87. The van der Waals surface area contributed by atoms with Gasteiger partial charge in [-0.15, -0.1) is 11.8 Å². The number of rotatable bonds is 3. The molecule has 0 radical (unpaired) electrons. The Morgan fingerprint density at radius 3 is 2.76 bits per heavy atom. The molecule has 0 bridgehead atoms. The zero-order valence-electron chi connectivity index (χ0n) is 9.77. The fourth-order valence-electron chi connectivity index (χ4n) is 1.76. The van der Waals surface area contributed by atoms with E-state index in [1.165, 1.54) is 11.8 Å². The molecule has 0 aliphatic carbocycles. The molecule has 17 heavy (non-hydrogen) atoms. The van der Waals surface area contributed by atoms with Crippen molar-refractivity contribution in [2.45, 2.75) is 24.7 Å². The molecule has 2 heterocycles. The van der Waals surface area contributed by atoms with Gasteiger partial charge in [0.15, 0.2) is 0 Å². The Morgan fingerprint density at radius 1 is 1.47 bits per heavy atom. The third-order valence-electron chi connectivity index (χ3n) is 2.84. The van der Waals surface area contributed by atoms with Crippen molar-refractivity contribution in [1.29, 1.82) is 0 Å². The molecule has 1 fully saturated rings. The smallest absolute Gasteiger partial charge is 0.232 e. The van der Waals surface area contributed by atoms with Crippen molar-refractivity contribution in [3.63, 3.8) is 0 Å². The quantitative estimate of drug-likeness (QED) is 0.772. The number of likely N-dealkylation sites (tertiary alicyclic amines) is 1. The topological polar surface area (TPSA) is 50.5 Å². The Balaban J connectivity index is 1.81. The first kappa shape index (κ1) is 12.2. The first-order valence-corrected chi connectivity index (χ1v) is 6.62. The molecule has 1 saturated heterocycles. The minimum absolute atomic E-state index is 0.100. The molecule has 4 nitrogen and oxygen atoms in total. The minimum Gasteiger partial charge on any atom is -0.468 e. The lowest BCUT2D eigenvalue weighted by Crippen LogP contribution is -2.39. The van der Waals surface area contributed by atoms with Gasteiger partial charge in [-0.1, -0.05) is 0 Å². The Labute approximate surface area is 104 Å². The summed E-state index contributed by atoms with van der Waals surface area (Å²) in [6.45, 7) is 3.03. The lowest BCUT2D eigenvalue weighted by atomic mass is 10.1. The monoisotopic (exact) mass is 253 g/mol. The van der Waals surface area contributed by atoms with Gasteiger partial charge in [0.1, 0.15) is 11.5 Å². The van der Waals surface area contributed by atoms with Gasteiger partial charge in [0.05, 0.1) is 12.0 Å². The highest BCUT2D eigenvalue weighted by molar-refractivity contribution is 8.00. The van der Waals surface area contributed by atoms with E-state index < -0.39 is 0 Å². The Kier molecular flexibility index (Phi) is 3.89. The summed E-state index contributed by atoms with van der Waals surface area (Å²) < 4.78 is 5.17. The number of carbonyl (C=O) groups excluding carboxylic acids is 2. The molecule has 0 spiro atoms. The number of piperidine rings is 1. The van der Waals surface area contributed by atoms with Crippen molar-refractivity contribution in [3.05, 3.63) is 18.1 Å². The molecule has 0 N–H and O–H groups in total. The fourth-order valence-corrected chi connectivity index (χ4v) is 2.62. The molecule has 0 saturated carbocycles. The van der Waals surface area contributed by atoms with Crippen molar-refractivity contribution in [2.24, 2.45) is 0 Å². The molecule has 0 aromatic carbocycles. The van der Waals surface area contributed by atoms with Gasteiger partial charge in [-0.3, -0.25) is 9.59 Å². The lowest BCUT2D eigenvalue weighted by molar-refractivity contribution is -0.132. The van der Waals surface area contributed by atoms with E-state index in [0.29, 0.717) is 31.7 Å². The van der Waals surface area contributed by atoms with Crippen LogP contribution in [0.4, 0.5) is 0 Å². The van der Waals surface area contributed by atoms with Gasteiger partial charge >= 0.3 is 0 Å². The van der Waals surface area contributed by atoms with Gasteiger partial charge in [-0.2, -0.15) is 0 Å². The summed E-state index contributed by atoms with van der Waals surface area (Å²) in [5.74, 6) is 1.61. The number of nitrogens with zero attached hydrogens (tertiary/aromatic N) is 1. The molecule has 5 heteroatoms. The van der Waals surface area contributed by atoms with Crippen LogP contribution in [-0.4, -0.2) is 35.4 Å². The van der Waals surface area contributed by atoms with Gasteiger partial charge in [0.2, 0.25) is 5.91 Å². The van der Waals surface area contributed by atoms with E-state index in [1.807, 2.05) is 13.0 Å². The van der Waals surface area contributed by atoms with Gasteiger partial charge < -0.3 is 9.32 Å². The van der Waals surface area contributed by atoms with Gasteiger partial charge in [0.25, 0.3) is 0 Å². The average molecular weight is 253 g/mol. The van der Waals surface area contributed by atoms with E-state index in [2.05, 4.69) is 0 Å². The van der Waals surface area contributed by atoms with E-state index >= 15 is 0 Å².